The Labute approximate surface area is 187 Å². The second-order valence-corrected chi connectivity index (χ2v) is 8.43. The van der Waals surface area contributed by atoms with Crippen molar-refractivity contribution in [1.82, 2.24) is 4.98 Å². The van der Waals surface area contributed by atoms with Crippen LogP contribution < -0.4 is 0 Å². The Bertz CT molecular complexity index is 1020. The van der Waals surface area contributed by atoms with E-state index in [0.29, 0.717) is 12.5 Å². The van der Waals surface area contributed by atoms with E-state index >= 15 is 0 Å². The number of pyridine rings is 1. The maximum Gasteiger partial charge on any atom is 0.305 e. The molecule has 0 amide bonds. The molecule has 1 aromatic heterocycles. The van der Waals surface area contributed by atoms with E-state index in [2.05, 4.69) is 0 Å². The number of carboxylic acids is 1. The van der Waals surface area contributed by atoms with Crippen molar-refractivity contribution in [2.24, 2.45) is 0 Å². The maximum atomic E-state index is 13.8. The van der Waals surface area contributed by atoms with E-state index in [1.54, 1.807) is 19.3 Å². The highest BCUT2D eigenvalue weighted by atomic mass is 19.1. The summed E-state index contributed by atoms with van der Waals surface area (Å²) in [6.45, 7) is 4.11. The fourth-order valence-electron chi connectivity index (χ4n) is 4.03. The summed E-state index contributed by atoms with van der Waals surface area (Å²) in [6, 6.07) is 4.67. The third-order valence-electron chi connectivity index (χ3n) is 5.68. The predicted molar refractivity (Wildman–Crippen MR) is 120 cm³/mol. The van der Waals surface area contributed by atoms with Gasteiger partial charge in [-0.1, -0.05) is 18.2 Å². The third kappa shape index (κ3) is 5.79. The predicted octanol–water partition coefficient (Wildman–Crippen LogP) is 4.13. The molecule has 0 spiro atoms. The molecular formula is C25H30FNO5. The van der Waals surface area contributed by atoms with Crippen molar-refractivity contribution in [3.8, 4) is 11.1 Å². The number of aromatic nitrogens is 1. The largest absolute Gasteiger partial charge is 0.481 e. The number of hydrogen-bond acceptors (Lipinski definition) is 5. The van der Waals surface area contributed by atoms with E-state index in [0.717, 1.165) is 52.0 Å². The molecule has 2 aromatic rings. The molecule has 1 fully saturated rings. The Kier molecular flexibility index (Phi) is 7.77. The minimum atomic E-state index is -1.15. The summed E-state index contributed by atoms with van der Waals surface area (Å²) in [5, 5.41) is 28.9. The average Bonchev–Trinajstić information content (AvgIpc) is 3.53. The normalized spacial score (nSPS) is 15.8. The molecule has 32 heavy (non-hydrogen) atoms. The van der Waals surface area contributed by atoms with Crippen LogP contribution in [0.3, 0.4) is 0 Å². The van der Waals surface area contributed by atoms with Gasteiger partial charge < -0.3 is 20.1 Å². The molecule has 0 saturated heterocycles. The molecule has 0 aliphatic heterocycles. The van der Waals surface area contributed by atoms with Gasteiger partial charge in [0.1, 0.15) is 5.82 Å². The number of aliphatic carboxylic acids is 1. The van der Waals surface area contributed by atoms with E-state index in [1.807, 2.05) is 13.8 Å². The first kappa shape index (κ1) is 24.0. The van der Waals surface area contributed by atoms with Gasteiger partial charge in [0.15, 0.2) is 0 Å². The van der Waals surface area contributed by atoms with Crippen molar-refractivity contribution in [3.63, 3.8) is 0 Å². The summed E-state index contributed by atoms with van der Waals surface area (Å²) >= 11 is 0. The zero-order chi connectivity index (χ0) is 23.4. The monoisotopic (exact) mass is 443 g/mol. The summed E-state index contributed by atoms with van der Waals surface area (Å²) < 4.78 is 19.3. The molecule has 7 heteroatoms. The van der Waals surface area contributed by atoms with Crippen molar-refractivity contribution >= 4 is 12.0 Å². The van der Waals surface area contributed by atoms with Crippen molar-refractivity contribution in [1.29, 1.82) is 0 Å². The SMILES string of the molecule is COCc1c(C2CC2)nc(C)c(/C=C/[C@@H](O)C[C@@H](O)CC(=O)O)c1-c1ccc(F)cc1C. The number of aliphatic hydroxyl groups is 2. The van der Waals surface area contributed by atoms with Gasteiger partial charge in [0.05, 0.1) is 25.2 Å². The Balaban J connectivity index is 2.08. The molecule has 1 aromatic carbocycles. The van der Waals surface area contributed by atoms with E-state index in [1.165, 1.54) is 18.2 Å². The fourth-order valence-corrected chi connectivity index (χ4v) is 4.03. The van der Waals surface area contributed by atoms with Crippen LogP contribution in [0.1, 0.15) is 59.7 Å². The number of rotatable bonds is 10. The Morgan fingerprint density at radius 2 is 2.03 bits per heavy atom. The number of hydrogen-bond donors (Lipinski definition) is 3. The van der Waals surface area contributed by atoms with Crippen molar-refractivity contribution < 1.29 is 29.2 Å². The first-order valence-corrected chi connectivity index (χ1v) is 10.8. The quantitative estimate of drug-likeness (QED) is 0.511. The topological polar surface area (TPSA) is 99.9 Å². The van der Waals surface area contributed by atoms with Gasteiger partial charge in [-0.15, -0.1) is 0 Å². The van der Waals surface area contributed by atoms with Crippen LogP contribution in [0.15, 0.2) is 24.3 Å². The second kappa shape index (κ2) is 10.3. The standard InChI is InChI=1S/C25H30FNO5/c1-14-10-17(26)6-8-20(14)24-21(9-7-18(28)11-19(29)12-23(30)31)15(2)27-25(16-4-5-16)22(24)13-32-3/h6-10,16,18-19,28-29H,4-5,11-13H2,1-3H3,(H,30,31)/b9-7+/t18-,19-/m1/s1. The lowest BCUT2D eigenvalue weighted by atomic mass is 9.88. The second-order valence-electron chi connectivity index (χ2n) is 8.43. The van der Waals surface area contributed by atoms with Gasteiger partial charge in [-0.25, -0.2) is 4.39 Å². The van der Waals surface area contributed by atoms with Gasteiger partial charge in [-0.05, 0) is 55.5 Å². The van der Waals surface area contributed by atoms with E-state index < -0.39 is 24.6 Å². The Morgan fingerprint density at radius 1 is 1.31 bits per heavy atom. The van der Waals surface area contributed by atoms with Crippen molar-refractivity contribution in [3.05, 3.63) is 58.2 Å². The number of carbonyl (C=O) groups is 1. The molecule has 172 valence electrons. The first-order valence-electron chi connectivity index (χ1n) is 10.8. The average molecular weight is 444 g/mol. The molecule has 3 N–H and O–H groups in total. The fraction of sp³-hybridized carbons (Fsp3) is 0.440. The lowest BCUT2D eigenvalue weighted by Gasteiger charge is -2.21. The number of aryl methyl sites for hydroxylation is 2. The van der Waals surface area contributed by atoms with E-state index in [-0.39, 0.29) is 12.2 Å². The molecule has 1 saturated carbocycles. The number of ether oxygens (including phenoxy) is 1. The molecule has 1 heterocycles. The van der Waals surface area contributed by atoms with E-state index in [4.69, 9.17) is 14.8 Å². The van der Waals surface area contributed by atoms with Crippen LogP contribution >= 0.6 is 0 Å². The summed E-state index contributed by atoms with van der Waals surface area (Å²) in [5.41, 5.74) is 6.05. The highest BCUT2D eigenvalue weighted by Crippen LogP contribution is 2.45. The third-order valence-corrected chi connectivity index (χ3v) is 5.68. The number of nitrogens with zero attached hydrogens (tertiary/aromatic N) is 1. The number of methoxy groups -OCH3 is 1. The highest BCUT2D eigenvalue weighted by molar-refractivity contribution is 5.82. The molecule has 0 radical (unpaired) electrons. The van der Waals surface area contributed by atoms with Gasteiger partial charge >= 0.3 is 5.97 Å². The van der Waals surface area contributed by atoms with Gasteiger partial charge in [0.25, 0.3) is 0 Å². The van der Waals surface area contributed by atoms with Crippen LogP contribution in [-0.2, 0) is 16.1 Å². The van der Waals surface area contributed by atoms with Crippen LogP contribution in [-0.4, -0.2) is 45.6 Å². The van der Waals surface area contributed by atoms with E-state index in [9.17, 15) is 19.4 Å². The molecule has 1 aliphatic carbocycles. The first-order chi connectivity index (χ1) is 15.2. The van der Waals surface area contributed by atoms with Crippen LogP contribution in [0.5, 0.6) is 0 Å². The molecule has 0 bridgehead atoms. The summed E-state index contributed by atoms with van der Waals surface area (Å²) in [5.74, 6) is -1.05. The highest BCUT2D eigenvalue weighted by Gasteiger charge is 2.31. The number of carboxylic acid groups (broad SMARTS) is 1. The molecule has 2 atom stereocenters. The smallest absolute Gasteiger partial charge is 0.305 e. The Hall–Kier alpha value is -2.61. The molecule has 1 aliphatic rings. The lowest BCUT2D eigenvalue weighted by Crippen LogP contribution is -2.19. The minimum Gasteiger partial charge on any atom is -0.481 e. The van der Waals surface area contributed by atoms with Gasteiger partial charge in [-0.2, -0.15) is 0 Å². The minimum absolute atomic E-state index is 0.0920. The lowest BCUT2D eigenvalue weighted by molar-refractivity contribution is -0.139. The molecule has 0 unspecified atom stereocenters. The van der Waals surface area contributed by atoms with Crippen LogP contribution in [0.4, 0.5) is 4.39 Å². The van der Waals surface area contributed by atoms with Crippen LogP contribution in [0.2, 0.25) is 0 Å². The maximum absolute atomic E-state index is 13.8. The number of benzene rings is 1. The Morgan fingerprint density at radius 3 is 2.62 bits per heavy atom. The molecular weight excluding hydrogens is 413 g/mol. The zero-order valence-electron chi connectivity index (χ0n) is 18.6. The zero-order valence-corrected chi connectivity index (χ0v) is 18.6. The number of aliphatic hydroxyl groups excluding tert-OH is 2. The van der Waals surface area contributed by atoms with Crippen molar-refractivity contribution in [2.75, 3.05) is 7.11 Å². The number of halogens is 1. The van der Waals surface area contributed by atoms with Crippen molar-refractivity contribution in [2.45, 2.75) is 64.3 Å². The van der Waals surface area contributed by atoms with Gasteiger partial charge in [0, 0.05) is 42.0 Å². The molecule has 3 rings (SSSR count). The molecule has 6 nitrogen and oxygen atoms in total. The van der Waals surface area contributed by atoms with Crippen LogP contribution in [0, 0.1) is 19.7 Å². The van der Waals surface area contributed by atoms with Crippen LogP contribution in [0.25, 0.3) is 17.2 Å². The van der Waals surface area contributed by atoms with Gasteiger partial charge in [-0.3, -0.25) is 9.78 Å². The summed E-state index contributed by atoms with van der Waals surface area (Å²) in [4.78, 5) is 15.6. The van der Waals surface area contributed by atoms with Gasteiger partial charge in [0.2, 0.25) is 0 Å². The summed E-state index contributed by atoms with van der Waals surface area (Å²) in [7, 11) is 1.63. The summed E-state index contributed by atoms with van der Waals surface area (Å²) in [6.07, 6.45) is 2.72.